The Hall–Kier alpha value is -2.09. The predicted molar refractivity (Wildman–Crippen MR) is 103 cm³/mol. The topological polar surface area (TPSA) is 59.2 Å². The Kier molecular flexibility index (Phi) is 6.36. The molecule has 0 aliphatic rings. The van der Waals surface area contributed by atoms with Crippen molar-refractivity contribution >= 4 is 40.9 Å². The highest BCUT2D eigenvalue weighted by Crippen LogP contribution is 2.29. The standard InChI is InChI=1S/C18H14Cl2FN3O2S/c1-24(9-12-14(20)7-4-8-15(12)21)16(25)10-27-18-23-22-17(26-18)11-5-2-3-6-13(11)19/h2-8H,9-10H2,1H3. The first kappa shape index (κ1) is 19.7. The molecule has 1 amide bonds. The first-order valence-corrected chi connectivity index (χ1v) is 9.58. The summed E-state index contributed by atoms with van der Waals surface area (Å²) in [5, 5.41) is 8.88. The minimum Gasteiger partial charge on any atom is -0.411 e. The summed E-state index contributed by atoms with van der Waals surface area (Å²) in [4.78, 5) is 13.7. The van der Waals surface area contributed by atoms with Crippen LogP contribution in [0.1, 0.15) is 5.56 Å². The number of carbonyl (C=O) groups excluding carboxylic acids is 1. The van der Waals surface area contributed by atoms with E-state index < -0.39 is 5.82 Å². The third-order valence-electron chi connectivity index (χ3n) is 3.71. The van der Waals surface area contributed by atoms with Crippen LogP contribution in [0.25, 0.3) is 11.5 Å². The third kappa shape index (κ3) is 4.80. The summed E-state index contributed by atoms with van der Waals surface area (Å²) in [7, 11) is 1.58. The van der Waals surface area contributed by atoms with Crippen LogP contribution in [0.2, 0.25) is 10.0 Å². The maximum absolute atomic E-state index is 13.8. The van der Waals surface area contributed by atoms with E-state index in [9.17, 15) is 9.18 Å². The first-order chi connectivity index (χ1) is 13.0. The first-order valence-electron chi connectivity index (χ1n) is 7.83. The SMILES string of the molecule is CN(Cc1c(F)cccc1Cl)C(=O)CSc1nnc(-c2ccccc2Cl)o1. The Morgan fingerprint density at radius 2 is 1.89 bits per heavy atom. The molecule has 0 fully saturated rings. The number of nitrogens with zero attached hydrogens (tertiary/aromatic N) is 3. The Labute approximate surface area is 169 Å². The van der Waals surface area contributed by atoms with Crippen molar-refractivity contribution < 1.29 is 13.6 Å². The normalized spacial score (nSPS) is 10.8. The highest BCUT2D eigenvalue weighted by atomic mass is 35.5. The average molecular weight is 426 g/mol. The second-order valence-corrected chi connectivity index (χ2v) is 7.33. The van der Waals surface area contributed by atoms with Crippen molar-refractivity contribution in [3.05, 3.63) is 63.9 Å². The number of amides is 1. The maximum atomic E-state index is 13.8. The molecule has 0 radical (unpaired) electrons. The molecule has 2 aromatic carbocycles. The van der Waals surface area contributed by atoms with E-state index in [1.54, 1.807) is 31.3 Å². The molecule has 0 N–H and O–H groups in total. The van der Waals surface area contributed by atoms with E-state index in [2.05, 4.69) is 10.2 Å². The molecule has 3 aromatic rings. The maximum Gasteiger partial charge on any atom is 0.277 e. The Morgan fingerprint density at radius 1 is 1.15 bits per heavy atom. The number of hydrogen-bond acceptors (Lipinski definition) is 5. The number of thioether (sulfide) groups is 1. The Balaban J connectivity index is 1.60. The van der Waals surface area contributed by atoms with E-state index in [0.717, 1.165) is 11.8 Å². The van der Waals surface area contributed by atoms with Gasteiger partial charge in [0.15, 0.2) is 0 Å². The van der Waals surface area contributed by atoms with Gasteiger partial charge >= 0.3 is 0 Å². The van der Waals surface area contributed by atoms with Crippen LogP contribution in [-0.4, -0.2) is 33.8 Å². The fraction of sp³-hybridized carbons (Fsp3) is 0.167. The number of carbonyl (C=O) groups is 1. The van der Waals surface area contributed by atoms with Gasteiger partial charge in [0.1, 0.15) is 5.82 Å². The summed E-state index contributed by atoms with van der Waals surface area (Å²) in [6.07, 6.45) is 0. The molecule has 9 heteroatoms. The number of hydrogen-bond donors (Lipinski definition) is 0. The minimum atomic E-state index is -0.448. The van der Waals surface area contributed by atoms with Crippen LogP contribution < -0.4 is 0 Å². The van der Waals surface area contributed by atoms with E-state index in [4.69, 9.17) is 27.6 Å². The molecule has 0 unspecified atom stereocenters. The van der Waals surface area contributed by atoms with Gasteiger partial charge in [0.25, 0.3) is 5.22 Å². The number of halogens is 3. The van der Waals surface area contributed by atoms with Crippen molar-refractivity contribution in [2.24, 2.45) is 0 Å². The van der Waals surface area contributed by atoms with E-state index in [-0.39, 0.29) is 39.9 Å². The smallest absolute Gasteiger partial charge is 0.277 e. The van der Waals surface area contributed by atoms with Crippen molar-refractivity contribution in [2.45, 2.75) is 11.8 Å². The summed E-state index contributed by atoms with van der Waals surface area (Å²) in [5.41, 5.74) is 0.898. The largest absolute Gasteiger partial charge is 0.411 e. The van der Waals surface area contributed by atoms with Gasteiger partial charge in [-0.3, -0.25) is 4.79 Å². The monoisotopic (exact) mass is 425 g/mol. The second kappa shape index (κ2) is 8.73. The molecular weight excluding hydrogens is 412 g/mol. The van der Waals surface area contributed by atoms with Gasteiger partial charge in [-0.1, -0.05) is 53.2 Å². The molecule has 3 rings (SSSR count). The molecule has 0 spiro atoms. The Morgan fingerprint density at radius 3 is 2.63 bits per heavy atom. The van der Waals surface area contributed by atoms with Gasteiger partial charge in [0, 0.05) is 24.2 Å². The average Bonchev–Trinajstić information content (AvgIpc) is 3.12. The summed E-state index contributed by atoms with van der Waals surface area (Å²) in [6, 6.07) is 11.5. The van der Waals surface area contributed by atoms with Gasteiger partial charge in [-0.2, -0.15) is 0 Å². The van der Waals surface area contributed by atoms with Gasteiger partial charge in [-0.05, 0) is 24.3 Å². The number of benzene rings is 2. The molecule has 0 saturated carbocycles. The van der Waals surface area contributed by atoms with Gasteiger partial charge < -0.3 is 9.32 Å². The van der Waals surface area contributed by atoms with Crippen LogP contribution in [0, 0.1) is 5.82 Å². The minimum absolute atomic E-state index is 0.0622. The van der Waals surface area contributed by atoms with E-state index in [1.165, 1.54) is 17.0 Å². The van der Waals surface area contributed by atoms with E-state index >= 15 is 0 Å². The molecule has 140 valence electrons. The molecule has 0 saturated heterocycles. The van der Waals surface area contributed by atoms with Crippen LogP contribution >= 0.6 is 35.0 Å². The summed E-state index contributed by atoms with van der Waals surface area (Å²) < 4.78 is 19.4. The van der Waals surface area contributed by atoms with Gasteiger partial charge in [0.05, 0.1) is 16.3 Å². The van der Waals surface area contributed by atoms with Crippen LogP contribution in [0.15, 0.2) is 52.1 Å². The number of rotatable bonds is 6. The quantitative estimate of drug-likeness (QED) is 0.523. The van der Waals surface area contributed by atoms with Crippen LogP contribution in [-0.2, 0) is 11.3 Å². The highest BCUT2D eigenvalue weighted by Gasteiger charge is 2.17. The van der Waals surface area contributed by atoms with Crippen molar-refractivity contribution in [1.82, 2.24) is 15.1 Å². The van der Waals surface area contributed by atoms with E-state index in [1.807, 2.05) is 6.07 Å². The lowest BCUT2D eigenvalue weighted by molar-refractivity contribution is -0.127. The summed E-state index contributed by atoms with van der Waals surface area (Å²) in [6.45, 7) is 0.0691. The molecule has 27 heavy (non-hydrogen) atoms. The molecule has 0 aliphatic carbocycles. The van der Waals surface area contributed by atoms with Crippen molar-refractivity contribution in [3.63, 3.8) is 0 Å². The van der Waals surface area contributed by atoms with E-state index in [0.29, 0.717) is 10.6 Å². The zero-order chi connectivity index (χ0) is 19.4. The molecule has 0 aliphatic heterocycles. The van der Waals surface area contributed by atoms with Gasteiger partial charge in [-0.15, -0.1) is 10.2 Å². The fourth-order valence-electron chi connectivity index (χ4n) is 2.25. The molecule has 5 nitrogen and oxygen atoms in total. The predicted octanol–water partition coefficient (Wildman–Crippen LogP) is 4.93. The number of aromatic nitrogens is 2. The lowest BCUT2D eigenvalue weighted by atomic mass is 10.2. The Bertz CT molecular complexity index is 947. The van der Waals surface area contributed by atoms with Crippen LogP contribution in [0.3, 0.4) is 0 Å². The summed E-state index contributed by atoms with van der Waals surface area (Å²) >= 11 is 13.2. The lowest BCUT2D eigenvalue weighted by Crippen LogP contribution is -2.28. The summed E-state index contributed by atoms with van der Waals surface area (Å²) in [5.74, 6) is -0.331. The van der Waals surface area contributed by atoms with Gasteiger partial charge in [-0.25, -0.2) is 4.39 Å². The van der Waals surface area contributed by atoms with Crippen LogP contribution in [0.4, 0.5) is 4.39 Å². The molecule has 0 bridgehead atoms. The fourth-order valence-corrected chi connectivity index (χ4v) is 3.40. The van der Waals surface area contributed by atoms with Crippen LogP contribution in [0.5, 0.6) is 0 Å². The third-order valence-corrected chi connectivity index (χ3v) is 5.20. The van der Waals surface area contributed by atoms with Crippen molar-refractivity contribution in [2.75, 3.05) is 12.8 Å². The lowest BCUT2D eigenvalue weighted by Gasteiger charge is -2.17. The molecule has 0 atom stereocenters. The zero-order valence-corrected chi connectivity index (χ0v) is 16.5. The molecular formula is C18H14Cl2FN3O2S. The molecule has 1 aromatic heterocycles. The van der Waals surface area contributed by atoms with Crippen molar-refractivity contribution in [1.29, 1.82) is 0 Å². The van der Waals surface area contributed by atoms with Gasteiger partial charge in [0.2, 0.25) is 11.8 Å². The highest BCUT2D eigenvalue weighted by molar-refractivity contribution is 7.99. The van der Waals surface area contributed by atoms with Crippen molar-refractivity contribution in [3.8, 4) is 11.5 Å². The zero-order valence-electron chi connectivity index (χ0n) is 14.2. The second-order valence-electron chi connectivity index (χ2n) is 5.59. The molecule has 1 heterocycles.